The predicted molar refractivity (Wildman–Crippen MR) is 110 cm³/mol. The molecule has 0 saturated heterocycles. The summed E-state index contributed by atoms with van der Waals surface area (Å²) in [5.41, 5.74) is 0. The fourth-order valence-electron chi connectivity index (χ4n) is 3.64. The Balaban J connectivity index is 1.77. The van der Waals surface area contributed by atoms with Crippen LogP contribution in [0.25, 0.3) is 0 Å². The number of hydrogen-bond acceptors (Lipinski definition) is 3. The lowest BCUT2D eigenvalue weighted by molar-refractivity contribution is 0.176. The van der Waals surface area contributed by atoms with Crippen molar-refractivity contribution in [1.82, 2.24) is 4.90 Å². The summed E-state index contributed by atoms with van der Waals surface area (Å²) in [6.45, 7) is 4.04. The van der Waals surface area contributed by atoms with Crippen LogP contribution in [0.2, 0.25) is 0 Å². The van der Waals surface area contributed by atoms with Crippen LogP contribution in [0.3, 0.4) is 0 Å². The van der Waals surface area contributed by atoms with E-state index in [9.17, 15) is 0 Å². The van der Waals surface area contributed by atoms with Crippen LogP contribution in [-0.2, 0) is 0 Å². The van der Waals surface area contributed by atoms with Crippen molar-refractivity contribution in [3.05, 3.63) is 12.2 Å². The molecule has 0 aliphatic carbocycles. The van der Waals surface area contributed by atoms with Crippen molar-refractivity contribution in [2.75, 3.05) is 19.7 Å². The Morgan fingerprint density at radius 3 is 2.04 bits per heavy atom. The second kappa shape index (κ2) is 16.8. The minimum Gasteiger partial charge on any atom is -0.395 e. The van der Waals surface area contributed by atoms with E-state index in [4.69, 9.17) is 5.11 Å². The van der Waals surface area contributed by atoms with Crippen molar-refractivity contribution < 1.29 is 5.11 Å². The molecule has 3 nitrogen and oxygen atoms in total. The van der Waals surface area contributed by atoms with Gasteiger partial charge in [-0.3, -0.25) is 9.89 Å². The summed E-state index contributed by atoms with van der Waals surface area (Å²) < 4.78 is 0. The van der Waals surface area contributed by atoms with Gasteiger partial charge in [0.2, 0.25) is 0 Å². The maximum absolute atomic E-state index is 9.05. The predicted octanol–water partition coefficient (Wildman–Crippen LogP) is 5.73. The van der Waals surface area contributed by atoms with E-state index in [2.05, 4.69) is 29.0 Å². The monoisotopic (exact) mass is 350 g/mol. The normalized spacial score (nSPS) is 17.9. The fourth-order valence-corrected chi connectivity index (χ4v) is 3.64. The van der Waals surface area contributed by atoms with Gasteiger partial charge in [0.1, 0.15) is 6.17 Å². The lowest BCUT2D eigenvalue weighted by Gasteiger charge is -2.21. The Hall–Kier alpha value is -0.670. The lowest BCUT2D eigenvalue weighted by atomic mass is 10.0. The fraction of sp³-hybridized carbons (Fsp3) is 0.864. The zero-order chi connectivity index (χ0) is 18.0. The third-order valence-corrected chi connectivity index (χ3v) is 5.22. The first-order valence-corrected chi connectivity index (χ1v) is 10.9. The third kappa shape index (κ3) is 12.3. The van der Waals surface area contributed by atoms with E-state index < -0.39 is 0 Å². The maximum Gasteiger partial charge on any atom is 0.102 e. The lowest BCUT2D eigenvalue weighted by Crippen LogP contribution is -2.32. The van der Waals surface area contributed by atoms with Crippen LogP contribution < -0.4 is 0 Å². The molecule has 1 atom stereocenters. The summed E-state index contributed by atoms with van der Waals surface area (Å²) in [6, 6.07) is 0. The summed E-state index contributed by atoms with van der Waals surface area (Å²) in [5.74, 6) is 0. The van der Waals surface area contributed by atoms with Gasteiger partial charge in [0, 0.05) is 19.3 Å². The van der Waals surface area contributed by atoms with Crippen LogP contribution in [0.15, 0.2) is 17.1 Å². The Morgan fingerprint density at radius 1 is 0.920 bits per heavy atom. The average molecular weight is 351 g/mol. The molecule has 0 aromatic heterocycles. The molecule has 0 fully saturated rings. The van der Waals surface area contributed by atoms with Gasteiger partial charge in [-0.05, 0) is 32.6 Å². The van der Waals surface area contributed by atoms with E-state index >= 15 is 0 Å². The van der Waals surface area contributed by atoms with Crippen LogP contribution in [-0.4, -0.2) is 42.1 Å². The number of nitrogens with zero attached hydrogens (tertiary/aromatic N) is 2. The minimum absolute atomic E-state index is 0.246. The zero-order valence-corrected chi connectivity index (χ0v) is 16.7. The summed E-state index contributed by atoms with van der Waals surface area (Å²) in [5, 5.41) is 9.05. The molecule has 1 aliphatic rings. The first kappa shape index (κ1) is 22.4. The summed E-state index contributed by atoms with van der Waals surface area (Å²) in [7, 11) is 0. The summed E-state index contributed by atoms with van der Waals surface area (Å²) in [4.78, 5) is 6.80. The van der Waals surface area contributed by atoms with Crippen LogP contribution in [0.5, 0.6) is 0 Å². The Kier molecular flexibility index (Phi) is 15.0. The number of aliphatic imine (C=N–C) groups is 1. The molecule has 1 heterocycles. The standard InChI is InChI=1S/C22H42N2O/c1-2-3-4-5-6-7-8-9-10-11-12-13-14-15-16-17-22-23-18-19-24(22)20-21-25/h2-3,18,22,25H,4-17,19-21H2,1H3/b3-2+. The molecule has 1 N–H and O–H groups in total. The number of β-amino-alcohol motifs (C(OH)–C–C–N with tert-alkyl or cyclic N) is 1. The number of hydrogen-bond donors (Lipinski definition) is 1. The number of aliphatic hydroxyl groups excluding tert-OH is 1. The highest BCUT2D eigenvalue weighted by molar-refractivity contribution is 5.62. The number of allylic oxidation sites excluding steroid dienone is 2. The molecular weight excluding hydrogens is 308 g/mol. The maximum atomic E-state index is 9.05. The van der Waals surface area contributed by atoms with E-state index in [1.54, 1.807) is 0 Å². The second-order valence-electron chi connectivity index (χ2n) is 7.42. The molecule has 0 aromatic carbocycles. The summed E-state index contributed by atoms with van der Waals surface area (Å²) in [6.07, 6.45) is 25.9. The van der Waals surface area contributed by atoms with E-state index in [-0.39, 0.29) is 6.61 Å². The molecule has 25 heavy (non-hydrogen) atoms. The van der Waals surface area contributed by atoms with Gasteiger partial charge in [0.05, 0.1) is 6.61 Å². The Morgan fingerprint density at radius 2 is 1.48 bits per heavy atom. The molecule has 0 radical (unpaired) electrons. The van der Waals surface area contributed by atoms with Crippen molar-refractivity contribution in [2.24, 2.45) is 4.99 Å². The van der Waals surface area contributed by atoms with Gasteiger partial charge in [-0.25, -0.2) is 0 Å². The minimum atomic E-state index is 0.246. The van der Waals surface area contributed by atoms with Crippen LogP contribution in [0.1, 0.15) is 96.8 Å². The first-order valence-electron chi connectivity index (χ1n) is 10.9. The molecular formula is C22H42N2O. The van der Waals surface area contributed by atoms with Gasteiger partial charge in [-0.1, -0.05) is 76.4 Å². The van der Waals surface area contributed by atoms with Gasteiger partial charge in [0.25, 0.3) is 0 Å². The van der Waals surface area contributed by atoms with Gasteiger partial charge < -0.3 is 5.11 Å². The molecule has 1 rings (SSSR count). The largest absolute Gasteiger partial charge is 0.395 e. The van der Waals surface area contributed by atoms with Crippen LogP contribution in [0.4, 0.5) is 0 Å². The van der Waals surface area contributed by atoms with E-state index in [1.165, 1.54) is 83.5 Å². The van der Waals surface area contributed by atoms with Gasteiger partial charge in [0.15, 0.2) is 0 Å². The van der Waals surface area contributed by atoms with Gasteiger partial charge >= 0.3 is 0 Å². The molecule has 0 spiro atoms. The third-order valence-electron chi connectivity index (χ3n) is 5.22. The van der Waals surface area contributed by atoms with Crippen LogP contribution in [0, 0.1) is 0 Å². The molecule has 1 aliphatic heterocycles. The first-order chi connectivity index (χ1) is 12.4. The molecule has 1 unspecified atom stereocenters. The van der Waals surface area contributed by atoms with Crippen LogP contribution >= 0.6 is 0 Å². The van der Waals surface area contributed by atoms with Crippen molar-refractivity contribution in [1.29, 1.82) is 0 Å². The topological polar surface area (TPSA) is 35.8 Å². The highest BCUT2D eigenvalue weighted by Crippen LogP contribution is 2.16. The zero-order valence-electron chi connectivity index (χ0n) is 16.7. The smallest absolute Gasteiger partial charge is 0.102 e. The Bertz CT molecular complexity index is 341. The van der Waals surface area contributed by atoms with Crippen molar-refractivity contribution in [3.63, 3.8) is 0 Å². The summed E-state index contributed by atoms with van der Waals surface area (Å²) >= 11 is 0. The SMILES string of the molecule is C/C=C/CCCCCCCCCCCCCCC1N=CCN1CCO. The highest BCUT2D eigenvalue weighted by Gasteiger charge is 2.19. The molecule has 0 aromatic rings. The average Bonchev–Trinajstić information content (AvgIpc) is 3.06. The number of aliphatic hydroxyl groups is 1. The van der Waals surface area contributed by atoms with E-state index in [0.29, 0.717) is 6.17 Å². The van der Waals surface area contributed by atoms with E-state index in [1.807, 2.05) is 6.21 Å². The molecule has 0 saturated carbocycles. The molecule has 3 heteroatoms. The van der Waals surface area contributed by atoms with Crippen molar-refractivity contribution >= 4 is 6.21 Å². The number of rotatable bonds is 17. The molecule has 146 valence electrons. The second-order valence-corrected chi connectivity index (χ2v) is 7.42. The highest BCUT2D eigenvalue weighted by atomic mass is 16.3. The van der Waals surface area contributed by atoms with E-state index in [0.717, 1.165) is 19.5 Å². The Labute approximate surface area is 156 Å². The van der Waals surface area contributed by atoms with Crippen molar-refractivity contribution in [2.45, 2.75) is 103 Å². The number of unbranched alkanes of at least 4 members (excludes halogenated alkanes) is 12. The molecule has 0 amide bonds. The molecule has 0 bridgehead atoms. The van der Waals surface area contributed by atoms with Gasteiger partial charge in [-0.15, -0.1) is 0 Å². The van der Waals surface area contributed by atoms with Crippen molar-refractivity contribution in [3.8, 4) is 0 Å². The van der Waals surface area contributed by atoms with Gasteiger partial charge in [-0.2, -0.15) is 0 Å². The quantitative estimate of drug-likeness (QED) is 0.269.